The van der Waals surface area contributed by atoms with E-state index in [-0.39, 0.29) is 17.4 Å². The molecule has 27 heavy (non-hydrogen) atoms. The van der Waals surface area contributed by atoms with E-state index >= 15 is 0 Å². The fourth-order valence-corrected chi connectivity index (χ4v) is 2.53. The first-order valence-electron chi connectivity index (χ1n) is 7.90. The van der Waals surface area contributed by atoms with Crippen molar-refractivity contribution < 1.29 is 9.66 Å². The van der Waals surface area contributed by atoms with Gasteiger partial charge in [0.15, 0.2) is 5.75 Å². The lowest BCUT2D eigenvalue weighted by Crippen LogP contribution is -2.03. The maximum Gasteiger partial charge on any atom is 0.373 e. The molecule has 0 aliphatic heterocycles. The van der Waals surface area contributed by atoms with Gasteiger partial charge in [0.1, 0.15) is 11.8 Å². The smallest absolute Gasteiger partial charge is 0.373 e. The first kappa shape index (κ1) is 16.3. The summed E-state index contributed by atoms with van der Waals surface area (Å²) in [5.41, 5.74) is 0.809. The number of anilines is 2. The summed E-state index contributed by atoms with van der Waals surface area (Å²) in [5, 5.41) is 15.4. The monoisotopic (exact) mass is 360 g/mol. The normalized spacial score (nSPS) is 10.5. The van der Waals surface area contributed by atoms with Crippen LogP contribution in [0.5, 0.6) is 11.6 Å². The molecule has 1 aromatic carbocycles. The predicted octanol–water partition coefficient (Wildman–Crippen LogP) is 3.86. The van der Waals surface area contributed by atoms with Gasteiger partial charge in [0.25, 0.3) is 0 Å². The highest BCUT2D eigenvalue weighted by Crippen LogP contribution is 2.36. The van der Waals surface area contributed by atoms with Crippen molar-refractivity contribution in [2.75, 3.05) is 5.32 Å². The van der Waals surface area contributed by atoms with Gasteiger partial charge in [0.05, 0.1) is 4.92 Å². The van der Waals surface area contributed by atoms with Gasteiger partial charge in [0.2, 0.25) is 5.82 Å². The van der Waals surface area contributed by atoms with E-state index < -0.39 is 4.92 Å². The third-order valence-corrected chi connectivity index (χ3v) is 3.72. The lowest BCUT2D eigenvalue weighted by molar-refractivity contribution is -0.385. The highest BCUT2D eigenvalue weighted by atomic mass is 16.6. The van der Waals surface area contributed by atoms with Crippen LogP contribution in [0.2, 0.25) is 0 Å². The lowest BCUT2D eigenvalue weighted by Gasteiger charge is -2.10. The largest absolute Gasteiger partial charge is 0.431 e. The molecule has 0 atom stereocenters. The zero-order chi connectivity index (χ0) is 18.6. The number of hydrogen-bond donors (Lipinski definition) is 1. The molecule has 0 saturated heterocycles. The SMILES string of the molecule is O=[N+]([O-])c1c(Nc2ccncc2)ncnc1Oc1cccc2cccnc12. The fourth-order valence-electron chi connectivity index (χ4n) is 2.53. The van der Waals surface area contributed by atoms with Gasteiger partial charge in [-0.2, -0.15) is 4.98 Å². The van der Waals surface area contributed by atoms with Crippen molar-refractivity contribution >= 4 is 28.1 Å². The maximum atomic E-state index is 11.7. The number of fused-ring (bicyclic) bond motifs is 1. The van der Waals surface area contributed by atoms with Crippen molar-refractivity contribution in [3.63, 3.8) is 0 Å². The van der Waals surface area contributed by atoms with E-state index in [1.807, 2.05) is 12.1 Å². The van der Waals surface area contributed by atoms with E-state index in [2.05, 4.69) is 25.3 Å². The van der Waals surface area contributed by atoms with Gasteiger partial charge in [-0.1, -0.05) is 18.2 Å². The molecule has 132 valence electrons. The van der Waals surface area contributed by atoms with Crippen LogP contribution >= 0.6 is 0 Å². The average Bonchev–Trinajstić information content (AvgIpc) is 2.69. The Hall–Kier alpha value is -4.14. The number of ether oxygens (including phenoxy) is 1. The van der Waals surface area contributed by atoms with E-state index in [1.165, 1.54) is 6.33 Å². The highest BCUT2D eigenvalue weighted by molar-refractivity contribution is 5.84. The molecule has 3 aromatic heterocycles. The molecule has 0 bridgehead atoms. The summed E-state index contributed by atoms with van der Waals surface area (Å²) >= 11 is 0. The summed E-state index contributed by atoms with van der Waals surface area (Å²) in [5.74, 6) is 0.207. The second-order valence-electron chi connectivity index (χ2n) is 5.43. The van der Waals surface area contributed by atoms with Crippen molar-refractivity contribution in [1.29, 1.82) is 0 Å². The van der Waals surface area contributed by atoms with Gasteiger partial charge in [-0.25, -0.2) is 4.98 Å². The molecule has 0 aliphatic carbocycles. The first-order chi connectivity index (χ1) is 13.2. The standard InChI is InChI=1S/C18H12N6O3/c25-24(26)16-17(23-13-6-9-19-10-7-13)21-11-22-18(16)27-14-5-1-3-12-4-2-8-20-15(12)14/h1-11H,(H,19,21,22,23). The fraction of sp³-hybridized carbons (Fsp3) is 0. The summed E-state index contributed by atoms with van der Waals surface area (Å²) < 4.78 is 5.75. The van der Waals surface area contributed by atoms with Gasteiger partial charge in [-0.05, 0) is 24.3 Å². The number of pyridine rings is 2. The summed E-state index contributed by atoms with van der Waals surface area (Å²) in [6, 6.07) is 12.3. The third kappa shape index (κ3) is 3.33. The quantitative estimate of drug-likeness (QED) is 0.421. The van der Waals surface area contributed by atoms with E-state index in [0.717, 1.165) is 5.39 Å². The summed E-state index contributed by atoms with van der Waals surface area (Å²) in [7, 11) is 0. The number of hydrogen-bond acceptors (Lipinski definition) is 8. The van der Waals surface area contributed by atoms with Crippen molar-refractivity contribution in [3.8, 4) is 11.6 Å². The van der Waals surface area contributed by atoms with Crippen molar-refractivity contribution in [1.82, 2.24) is 19.9 Å². The van der Waals surface area contributed by atoms with Gasteiger partial charge >= 0.3 is 11.6 Å². The number of aromatic nitrogens is 4. The second kappa shape index (κ2) is 7.00. The Morgan fingerprint density at radius 3 is 2.59 bits per heavy atom. The van der Waals surface area contributed by atoms with Crippen LogP contribution in [-0.4, -0.2) is 24.9 Å². The molecule has 0 radical (unpaired) electrons. The van der Waals surface area contributed by atoms with Crippen LogP contribution in [0.4, 0.5) is 17.2 Å². The molecule has 9 heteroatoms. The average molecular weight is 360 g/mol. The number of nitro groups is 1. The van der Waals surface area contributed by atoms with Crippen LogP contribution in [-0.2, 0) is 0 Å². The summed E-state index contributed by atoms with van der Waals surface area (Å²) in [6.07, 6.45) is 5.95. The molecule has 1 N–H and O–H groups in total. The minimum Gasteiger partial charge on any atom is -0.431 e. The van der Waals surface area contributed by atoms with Gasteiger partial charge in [-0.3, -0.25) is 20.1 Å². The third-order valence-electron chi connectivity index (χ3n) is 3.72. The van der Waals surface area contributed by atoms with Crippen LogP contribution in [0.15, 0.2) is 67.4 Å². The Kier molecular flexibility index (Phi) is 4.24. The van der Waals surface area contributed by atoms with E-state index in [9.17, 15) is 10.1 Å². The van der Waals surface area contributed by atoms with Crippen LogP contribution in [0.3, 0.4) is 0 Å². The summed E-state index contributed by atoms with van der Waals surface area (Å²) in [6.45, 7) is 0. The molecule has 3 heterocycles. The van der Waals surface area contributed by atoms with Crippen LogP contribution in [0.25, 0.3) is 10.9 Å². The van der Waals surface area contributed by atoms with Gasteiger partial charge in [-0.15, -0.1) is 0 Å². The number of nitrogens with one attached hydrogen (secondary N) is 1. The zero-order valence-corrected chi connectivity index (χ0v) is 13.8. The molecule has 0 aliphatic rings. The molecule has 0 amide bonds. The van der Waals surface area contributed by atoms with Crippen LogP contribution < -0.4 is 10.1 Å². The molecular weight excluding hydrogens is 348 g/mol. The molecule has 0 unspecified atom stereocenters. The van der Waals surface area contributed by atoms with Crippen LogP contribution in [0.1, 0.15) is 0 Å². The minimum atomic E-state index is -0.586. The topological polar surface area (TPSA) is 116 Å². The Morgan fingerprint density at radius 1 is 0.963 bits per heavy atom. The number of rotatable bonds is 5. The number of para-hydroxylation sites is 1. The predicted molar refractivity (Wildman–Crippen MR) is 98.0 cm³/mol. The molecule has 0 saturated carbocycles. The lowest BCUT2D eigenvalue weighted by atomic mass is 10.2. The van der Waals surface area contributed by atoms with E-state index in [1.54, 1.807) is 48.9 Å². The van der Waals surface area contributed by atoms with Gasteiger partial charge < -0.3 is 10.1 Å². The Morgan fingerprint density at radius 2 is 1.78 bits per heavy atom. The molecule has 9 nitrogen and oxygen atoms in total. The summed E-state index contributed by atoms with van der Waals surface area (Å²) in [4.78, 5) is 27.2. The Balaban J connectivity index is 1.76. The van der Waals surface area contributed by atoms with Crippen molar-refractivity contribution in [2.24, 2.45) is 0 Å². The second-order valence-corrected chi connectivity index (χ2v) is 5.43. The van der Waals surface area contributed by atoms with Crippen molar-refractivity contribution in [3.05, 3.63) is 77.5 Å². The Labute approximate surface area is 152 Å². The highest BCUT2D eigenvalue weighted by Gasteiger charge is 2.25. The van der Waals surface area contributed by atoms with Gasteiger partial charge in [0, 0.05) is 29.7 Å². The number of nitrogens with zero attached hydrogens (tertiary/aromatic N) is 5. The molecule has 0 fully saturated rings. The maximum absolute atomic E-state index is 11.7. The zero-order valence-electron chi connectivity index (χ0n) is 13.8. The first-order valence-corrected chi connectivity index (χ1v) is 7.90. The molecular formula is C18H12N6O3. The molecule has 0 spiro atoms. The molecule has 4 aromatic rings. The van der Waals surface area contributed by atoms with Crippen LogP contribution in [0, 0.1) is 10.1 Å². The van der Waals surface area contributed by atoms with E-state index in [4.69, 9.17) is 4.74 Å². The minimum absolute atomic E-state index is 0.0180. The molecule has 4 rings (SSSR count). The Bertz CT molecular complexity index is 1120. The van der Waals surface area contributed by atoms with Crippen molar-refractivity contribution in [2.45, 2.75) is 0 Å². The van der Waals surface area contributed by atoms with E-state index in [0.29, 0.717) is 17.0 Å². The number of benzene rings is 1.